The zero-order valence-corrected chi connectivity index (χ0v) is 14.0. The number of fused-ring (bicyclic) bond motifs is 1. The van der Waals surface area contributed by atoms with Gasteiger partial charge in [-0.2, -0.15) is 0 Å². The van der Waals surface area contributed by atoms with Crippen LogP contribution in [0.25, 0.3) is 0 Å². The lowest BCUT2D eigenvalue weighted by atomic mass is 10.1. The van der Waals surface area contributed by atoms with E-state index < -0.39 is 40.3 Å². The number of carbonyl (C=O) groups excluding carboxylic acids is 1. The molecule has 0 amide bonds. The number of hydrogen-bond acceptors (Lipinski definition) is 8. The molecule has 0 aliphatic carbocycles. The predicted octanol–water partition coefficient (Wildman–Crippen LogP) is -0.249. The Kier molecular flexibility index (Phi) is 4.99. The van der Waals surface area contributed by atoms with E-state index in [-0.39, 0.29) is 24.0 Å². The van der Waals surface area contributed by atoms with E-state index in [0.29, 0.717) is 0 Å². The third-order valence-electron chi connectivity index (χ3n) is 3.72. The van der Waals surface area contributed by atoms with E-state index in [2.05, 4.69) is 9.46 Å². The number of carbonyl (C=O) groups is 1. The van der Waals surface area contributed by atoms with Crippen molar-refractivity contribution in [2.45, 2.75) is 28.6 Å². The van der Waals surface area contributed by atoms with Crippen molar-refractivity contribution in [1.82, 2.24) is 4.72 Å². The molecule has 0 bridgehead atoms. The van der Waals surface area contributed by atoms with E-state index in [9.17, 15) is 13.2 Å². The normalized spacial score (nSPS) is 30.3. The Morgan fingerprint density at radius 1 is 1.39 bits per heavy atom. The van der Waals surface area contributed by atoms with Gasteiger partial charge in [-0.25, -0.2) is 17.9 Å². The molecular formula is C13H17NO7S2. The Bertz CT molecular complexity index is 645. The molecule has 3 heterocycles. The highest BCUT2D eigenvalue weighted by Gasteiger charge is 2.49. The summed E-state index contributed by atoms with van der Waals surface area (Å²) < 4.78 is 48.5. The first-order valence-electron chi connectivity index (χ1n) is 6.99. The second-order valence-electron chi connectivity index (χ2n) is 5.18. The molecule has 2 aliphatic heterocycles. The summed E-state index contributed by atoms with van der Waals surface area (Å²) in [5.74, 6) is -0.485. The molecule has 0 unspecified atom stereocenters. The van der Waals surface area contributed by atoms with Crippen molar-refractivity contribution in [3.8, 4) is 0 Å². The molecule has 2 fully saturated rings. The van der Waals surface area contributed by atoms with Gasteiger partial charge in [0.2, 0.25) is 10.0 Å². The summed E-state index contributed by atoms with van der Waals surface area (Å²) >= 11 is 1.14. The van der Waals surface area contributed by atoms with Gasteiger partial charge in [0.1, 0.15) is 29.1 Å². The third kappa shape index (κ3) is 3.57. The first-order chi connectivity index (χ1) is 11.0. The highest BCUT2D eigenvalue weighted by molar-refractivity contribution is 7.91. The van der Waals surface area contributed by atoms with Crippen LogP contribution in [0, 0.1) is 0 Å². The van der Waals surface area contributed by atoms with Gasteiger partial charge in [-0.1, -0.05) is 6.07 Å². The highest BCUT2D eigenvalue weighted by atomic mass is 32.2. The molecule has 1 aromatic rings. The minimum atomic E-state index is -3.59. The van der Waals surface area contributed by atoms with Crippen LogP contribution in [0.3, 0.4) is 0 Å². The lowest BCUT2D eigenvalue weighted by molar-refractivity contribution is -0.150. The maximum atomic E-state index is 12.3. The molecule has 2 aliphatic rings. The average Bonchev–Trinajstić information content (AvgIpc) is 3.24. The van der Waals surface area contributed by atoms with E-state index >= 15 is 0 Å². The number of nitrogens with one attached hydrogen (secondary N) is 1. The Hall–Kier alpha value is -1.04. The monoisotopic (exact) mass is 363 g/mol. The third-order valence-corrected chi connectivity index (χ3v) is 6.60. The van der Waals surface area contributed by atoms with Crippen LogP contribution >= 0.6 is 11.3 Å². The number of ether oxygens (including phenoxy) is 4. The molecule has 3 rings (SSSR count). The number of rotatable bonds is 6. The van der Waals surface area contributed by atoms with Crippen LogP contribution in [0.4, 0.5) is 0 Å². The van der Waals surface area contributed by atoms with E-state index in [1.807, 2.05) is 0 Å². The van der Waals surface area contributed by atoms with Crippen molar-refractivity contribution >= 4 is 27.3 Å². The largest absolute Gasteiger partial charge is 0.467 e. The van der Waals surface area contributed by atoms with Crippen molar-refractivity contribution < 1.29 is 32.2 Å². The highest BCUT2D eigenvalue weighted by Crippen LogP contribution is 2.30. The molecule has 4 atom stereocenters. The molecule has 0 aromatic carbocycles. The summed E-state index contributed by atoms with van der Waals surface area (Å²) in [6, 6.07) is 2.73. The molecule has 23 heavy (non-hydrogen) atoms. The van der Waals surface area contributed by atoms with Gasteiger partial charge in [-0.05, 0) is 11.4 Å². The number of methoxy groups -OCH3 is 1. The summed E-state index contributed by atoms with van der Waals surface area (Å²) in [5.41, 5.74) is 0. The number of esters is 1. The molecule has 1 aromatic heterocycles. The van der Waals surface area contributed by atoms with Crippen LogP contribution < -0.4 is 4.72 Å². The lowest BCUT2D eigenvalue weighted by Gasteiger charge is -2.17. The fraction of sp³-hybridized carbons (Fsp3) is 0.615. The Balaban J connectivity index is 1.60. The molecule has 8 nitrogen and oxygen atoms in total. The molecular weight excluding hydrogens is 346 g/mol. The van der Waals surface area contributed by atoms with Crippen LogP contribution in [-0.4, -0.2) is 65.7 Å². The van der Waals surface area contributed by atoms with Gasteiger partial charge in [0.25, 0.3) is 0 Å². The minimum Gasteiger partial charge on any atom is -0.467 e. The SMILES string of the molecule is COC(=O)CO[C@H]1CO[C@@H]2[C@@H]1OC[C@@H]2NS(=O)(=O)c1cccs1. The molecule has 0 saturated carbocycles. The van der Waals surface area contributed by atoms with E-state index in [0.717, 1.165) is 11.3 Å². The van der Waals surface area contributed by atoms with E-state index in [4.69, 9.17) is 14.2 Å². The number of hydrogen-bond donors (Lipinski definition) is 1. The maximum absolute atomic E-state index is 12.3. The van der Waals surface area contributed by atoms with Gasteiger partial charge in [0.15, 0.2) is 0 Å². The van der Waals surface area contributed by atoms with E-state index in [1.54, 1.807) is 11.4 Å². The number of sulfonamides is 1. The van der Waals surface area contributed by atoms with Crippen molar-refractivity contribution in [1.29, 1.82) is 0 Å². The van der Waals surface area contributed by atoms with Crippen molar-refractivity contribution in [3.05, 3.63) is 17.5 Å². The second kappa shape index (κ2) is 6.83. The minimum absolute atomic E-state index is 0.192. The van der Waals surface area contributed by atoms with Crippen LogP contribution in [0.2, 0.25) is 0 Å². The summed E-state index contributed by atoms with van der Waals surface area (Å²) in [7, 11) is -2.31. The molecule has 2 saturated heterocycles. The fourth-order valence-corrected chi connectivity index (χ4v) is 4.86. The zero-order valence-electron chi connectivity index (χ0n) is 12.3. The van der Waals surface area contributed by atoms with Crippen molar-refractivity contribution in [2.75, 3.05) is 26.9 Å². The predicted molar refractivity (Wildman–Crippen MR) is 79.7 cm³/mol. The Morgan fingerprint density at radius 2 is 2.17 bits per heavy atom. The molecule has 0 radical (unpaired) electrons. The van der Waals surface area contributed by atoms with Gasteiger partial charge in [-0.15, -0.1) is 11.3 Å². The summed E-state index contributed by atoms with van der Waals surface area (Å²) in [4.78, 5) is 11.1. The van der Waals surface area contributed by atoms with Crippen LogP contribution in [-0.2, 0) is 33.8 Å². The molecule has 1 N–H and O–H groups in total. The molecule has 10 heteroatoms. The zero-order chi connectivity index (χ0) is 16.4. The van der Waals surface area contributed by atoms with Crippen LogP contribution in [0.5, 0.6) is 0 Å². The fourth-order valence-electron chi connectivity index (χ4n) is 2.62. The average molecular weight is 363 g/mol. The van der Waals surface area contributed by atoms with Crippen molar-refractivity contribution in [3.63, 3.8) is 0 Å². The Morgan fingerprint density at radius 3 is 2.87 bits per heavy atom. The van der Waals surface area contributed by atoms with Gasteiger partial charge in [0.05, 0.1) is 26.4 Å². The first-order valence-corrected chi connectivity index (χ1v) is 9.35. The molecule has 0 spiro atoms. The first kappa shape index (κ1) is 16.8. The quantitative estimate of drug-likeness (QED) is 0.696. The Labute approximate surface area is 137 Å². The van der Waals surface area contributed by atoms with E-state index in [1.165, 1.54) is 13.2 Å². The summed E-state index contributed by atoms with van der Waals surface area (Å²) in [6.45, 7) is 0.240. The van der Waals surface area contributed by atoms with Crippen LogP contribution in [0.1, 0.15) is 0 Å². The lowest BCUT2D eigenvalue weighted by Crippen LogP contribution is -2.44. The second-order valence-corrected chi connectivity index (χ2v) is 8.07. The summed E-state index contributed by atoms with van der Waals surface area (Å²) in [5, 5.41) is 1.70. The van der Waals surface area contributed by atoms with Gasteiger partial charge >= 0.3 is 5.97 Å². The van der Waals surface area contributed by atoms with Gasteiger partial charge in [-0.3, -0.25) is 0 Å². The smallest absolute Gasteiger partial charge is 0.331 e. The molecule has 128 valence electrons. The van der Waals surface area contributed by atoms with Gasteiger partial charge in [0, 0.05) is 0 Å². The topological polar surface area (TPSA) is 100 Å². The van der Waals surface area contributed by atoms with Gasteiger partial charge < -0.3 is 18.9 Å². The number of thiophene rings is 1. The standard InChI is InChI=1S/C13H17NO7S2/c1-18-10(15)7-19-9-6-21-12-8(5-20-13(9)12)14-23(16,17)11-3-2-4-22-11/h2-4,8-9,12-14H,5-7H2,1H3/t8-,9-,12-,13+/m0/s1. The van der Waals surface area contributed by atoms with Crippen LogP contribution in [0.15, 0.2) is 21.7 Å². The van der Waals surface area contributed by atoms with Crippen molar-refractivity contribution in [2.24, 2.45) is 0 Å². The summed E-state index contributed by atoms with van der Waals surface area (Å²) in [6.07, 6.45) is -1.27. The maximum Gasteiger partial charge on any atom is 0.331 e.